The van der Waals surface area contributed by atoms with E-state index < -0.39 is 0 Å². The van der Waals surface area contributed by atoms with Gasteiger partial charge >= 0.3 is 0 Å². The van der Waals surface area contributed by atoms with Crippen molar-refractivity contribution in [2.75, 3.05) is 13.7 Å². The molecule has 18 heavy (non-hydrogen) atoms. The Labute approximate surface area is 110 Å². The van der Waals surface area contributed by atoms with Crippen molar-refractivity contribution in [2.24, 2.45) is 0 Å². The molecule has 1 aromatic rings. The molecule has 1 unspecified atom stereocenters. The second-order valence-electron chi connectivity index (χ2n) is 5.40. The number of rotatable bonds is 7. The fourth-order valence-corrected chi connectivity index (χ4v) is 2.05. The minimum Gasteiger partial charge on any atom is -0.379 e. The number of hydrogen-bond donors (Lipinski definition) is 1. The Balaban J connectivity index is 2.29. The average Bonchev–Trinajstić information content (AvgIpc) is 2.28. The summed E-state index contributed by atoms with van der Waals surface area (Å²) in [4.78, 5) is 0. The molecular weight excluding hydrogens is 229 g/mol. The normalized spacial score (nSPS) is 13.6. The van der Waals surface area contributed by atoms with Gasteiger partial charge in [-0.25, -0.2) is 4.39 Å². The molecule has 0 spiro atoms. The molecule has 3 heteroatoms. The van der Waals surface area contributed by atoms with E-state index in [4.69, 9.17) is 4.74 Å². The van der Waals surface area contributed by atoms with Crippen LogP contribution >= 0.6 is 0 Å². The van der Waals surface area contributed by atoms with Gasteiger partial charge in [0, 0.05) is 13.2 Å². The smallest absolute Gasteiger partial charge is 0.123 e. The molecule has 0 bridgehead atoms. The third-order valence-corrected chi connectivity index (χ3v) is 3.15. The van der Waals surface area contributed by atoms with Gasteiger partial charge in [0.25, 0.3) is 0 Å². The molecule has 0 aliphatic rings. The summed E-state index contributed by atoms with van der Waals surface area (Å²) >= 11 is 0. The summed E-state index contributed by atoms with van der Waals surface area (Å²) in [5.41, 5.74) is 0.923. The van der Waals surface area contributed by atoms with Gasteiger partial charge in [-0.15, -0.1) is 0 Å². The number of ether oxygens (including phenoxy) is 1. The molecule has 0 aliphatic heterocycles. The highest BCUT2D eigenvalue weighted by molar-refractivity contribution is 5.16. The fourth-order valence-electron chi connectivity index (χ4n) is 2.05. The van der Waals surface area contributed by atoms with Crippen molar-refractivity contribution in [3.8, 4) is 0 Å². The summed E-state index contributed by atoms with van der Waals surface area (Å²) < 4.78 is 18.4. The lowest BCUT2D eigenvalue weighted by Crippen LogP contribution is -2.36. The van der Waals surface area contributed by atoms with E-state index >= 15 is 0 Å². The molecule has 0 fully saturated rings. The Hall–Kier alpha value is -0.930. The molecular formula is C15H24FNO. The molecule has 1 N–H and O–H groups in total. The maximum absolute atomic E-state index is 13.0. The second-order valence-corrected chi connectivity index (χ2v) is 5.40. The standard InChI is InChI=1S/C15H24FNO/c1-12(11-15(2,3)18-4)17-9-8-13-6-5-7-14(16)10-13/h5-7,10,12,17H,8-9,11H2,1-4H3. The summed E-state index contributed by atoms with van der Waals surface area (Å²) in [7, 11) is 1.74. The topological polar surface area (TPSA) is 21.3 Å². The number of nitrogens with one attached hydrogen (secondary N) is 1. The molecule has 0 saturated carbocycles. The highest BCUT2D eigenvalue weighted by Gasteiger charge is 2.19. The molecule has 0 aliphatic carbocycles. The van der Waals surface area contributed by atoms with E-state index in [9.17, 15) is 4.39 Å². The molecule has 1 aromatic carbocycles. The molecule has 0 heterocycles. The Morgan fingerprint density at radius 3 is 2.72 bits per heavy atom. The fraction of sp³-hybridized carbons (Fsp3) is 0.600. The number of hydrogen-bond acceptors (Lipinski definition) is 2. The van der Waals surface area contributed by atoms with Gasteiger partial charge in [0.05, 0.1) is 5.60 Å². The van der Waals surface area contributed by atoms with Crippen LogP contribution in [0.3, 0.4) is 0 Å². The van der Waals surface area contributed by atoms with Crippen LogP contribution in [0.4, 0.5) is 4.39 Å². The second kappa shape index (κ2) is 6.86. The molecule has 102 valence electrons. The maximum Gasteiger partial charge on any atom is 0.123 e. The summed E-state index contributed by atoms with van der Waals surface area (Å²) in [6.45, 7) is 7.16. The van der Waals surface area contributed by atoms with Crippen molar-refractivity contribution in [3.63, 3.8) is 0 Å². The first-order chi connectivity index (χ1) is 8.43. The Morgan fingerprint density at radius 2 is 2.11 bits per heavy atom. The first-order valence-corrected chi connectivity index (χ1v) is 6.46. The van der Waals surface area contributed by atoms with E-state index in [0.717, 1.165) is 24.9 Å². The van der Waals surface area contributed by atoms with Gasteiger partial charge in [0.2, 0.25) is 0 Å². The molecule has 0 amide bonds. The van der Waals surface area contributed by atoms with Crippen LogP contribution in [-0.4, -0.2) is 25.3 Å². The van der Waals surface area contributed by atoms with Crippen molar-refractivity contribution >= 4 is 0 Å². The van der Waals surface area contributed by atoms with E-state index in [1.165, 1.54) is 6.07 Å². The van der Waals surface area contributed by atoms with Gasteiger partial charge < -0.3 is 10.1 Å². The average molecular weight is 253 g/mol. The van der Waals surface area contributed by atoms with Crippen LogP contribution in [-0.2, 0) is 11.2 Å². The third kappa shape index (κ3) is 5.61. The first kappa shape index (κ1) is 15.1. The lowest BCUT2D eigenvalue weighted by atomic mass is 10.00. The highest BCUT2D eigenvalue weighted by Crippen LogP contribution is 2.15. The largest absolute Gasteiger partial charge is 0.379 e. The summed E-state index contributed by atoms with van der Waals surface area (Å²) in [6.07, 6.45) is 1.79. The van der Waals surface area contributed by atoms with E-state index in [1.54, 1.807) is 19.2 Å². The van der Waals surface area contributed by atoms with Crippen LogP contribution in [0.25, 0.3) is 0 Å². The van der Waals surface area contributed by atoms with Crippen molar-refractivity contribution in [1.29, 1.82) is 0 Å². The number of methoxy groups -OCH3 is 1. The Bertz CT molecular complexity index is 365. The zero-order chi connectivity index (χ0) is 13.6. The predicted molar refractivity (Wildman–Crippen MR) is 73.3 cm³/mol. The maximum atomic E-state index is 13.0. The number of benzene rings is 1. The third-order valence-electron chi connectivity index (χ3n) is 3.15. The SMILES string of the molecule is COC(C)(C)CC(C)NCCc1cccc(F)c1. The molecule has 1 atom stereocenters. The van der Waals surface area contributed by atoms with Crippen LogP contribution in [0.2, 0.25) is 0 Å². The Kier molecular flexibility index (Phi) is 5.76. The van der Waals surface area contributed by atoms with Gasteiger partial charge in [-0.3, -0.25) is 0 Å². The van der Waals surface area contributed by atoms with Gasteiger partial charge in [-0.05, 0) is 57.9 Å². The van der Waals surface area contributed by atoms with Crippen LogP contribution in [0.5, 0.6) is 0 Å². The van der Waals surface area contributed by atoms with Gasteiger partial charge in [-0.1, -0.05) is 12.1 Å². The quantitative estimate of drug-likeness (QED) is 0.806. The minimum absolute atomic E-state index is 0.106. The van der Waals surface area contributed by atoms with E-state index in [2.05, 4.69) is 26.1 Å². The van der Waals surface area contributed by atoms with Gasteiger partial charge in [-0.2, -0.15) is 0 Å². The Morgan fingerprint density at radius 1 is 1.39 bits per heavy atom. The van der Waals surface area contributed by atoms with E-state index in [-0.39, 0.29) is 11.4 Å². The molecule has 1 rings (SSSR count). The summed E-state index contributed by atoms with van der Waals surface area (Å²) in [6, 6.07) is 7.15. The first-order valence-electron chi connectivity index (χ1n) is 6.46. The van der Waals surface area contributed by atoms with Crippen LogP contribution in [0.1, 0.15) is 32.8 Å². The summed E-state index contributed by atoms with van der Waals surface area (Å²) in [5.74, 6) is -0.166. The van der Waals surface area contributed by atoms with Crippen molar-refractivity contribution in [2.45, 2.75) is 45.3 Å². The van der Waals surface area contributed by atoms with Crippen molar-refractivity contribution in [3.05, 3.63) is 35.6 Å². The monoisotopic (exact) mass is 253 g/mol. The van der Waals surface area contributed by atoms with Crippen molar-refractivity contribution in [1.82, 2.24) is 5.32 Å². The molecule has 0 aromatic heterocycles. The molecule has 0 radical (unpaired) electrons. The minimum atomic E-state index is -0.166. The molecule has 2 nitrogen and oxygen atoms in total. The van der Waals surface area contributed by atoms with Gasteiger partial charge in [0.15, 0.2) is 0 Å². The lowest BCUT2D eigenvalue weighted by Gasteiger charge is -2.27. The van der Waals surface area contributed by atoms with Crippen LogP contribution in [0, 0.1) is 5.82 Å². The van der Waals surface area contributed by atoms with E-state index in [0.29, 0.717) is 6.04 Å². The zero-order valence-electron chi connectivity index (χ0n) is 11.8. The van der Waals surface area contributed by atoms with E-state index in [1.807, 2.05) is 6.07 Å². The zero-order valence-corrected chi connectivity index (χ0v) is 11.8. The summed E-state index contributed by atoms with van der Waals surface area (Å²) in [5, 5.41) is 3.44. The van der Waals surface area contributed by atoms with Crippen LogP contribution in [0.15, 0.2) is 24.3 Å². The lowest BCUT2D eigenvalue weighted by molar-refractivity contribution is 0.00865. The predicted octanol–water partition coefficient (Wildman–Crippen LogP) is 3.16. The highest BCUT2D eigenvalue weighted by atomic mass is 19.1. The van der Waals surface area contributed by atoms with Gasteiger partial charge in [0.1, 0.15) is 5.82 Å². The van der Waals surface area contributed by atoms with Crippen LogP contribution < -0.4 is 5.32 Å². The molecule has 0 saturated heterocycles. The number of halogens is 1. The van der Waals surface area contributed by atoms with Crippen molar-refractivity contribution < 1.29 is 9.13 Å².